The fourth-order valence-electron chi connectivity index (χ4n) is 7.74. The smallest absolute Gasteiger partial charge is 0.0434 e. The van der Waals surface area contributed by atoms with Gasteiger partial charge in [-0.05, 0) is 76.5 Å². The summed E-state index contributed by atoms with van der Waals surface area (Å²) in [5.41, 5.74) is 7.65. The van der Waals surface area contributed by atoms with Crippen molar-refractivity contribution in [1.29, 1.82) is 0 Å². The molecule has 0 saturated heterocycles. The Morgan fingerprint density at radius 3 is 1.43 bits per heavy atom. The Kier molecular flexibility index (Phi) is 5.85. The Morgan fingerprint density at radius 2 is 0.723 bits per heavy atom. The van der Waals surface area contributed by atoms with E-state index in [0.29, 0.717) is 0 Å². The van der Waals surface area contributed by atoms with E-state index in [1.807, 2.05) is 11.3 Å². The van der Waals surface area contributed by atoms with E-state index >= 15 is 0 Å². The van der Waals surface area contributed by atoms with Crippen molar-refractivity contribution < 1.29 is 0 Å². The Labute approximate surface area is 276 Å². The van der Waals surface area contributed by atoms with Crippen LogP contribution in [-0.2, 0) is 0 Å². The number of rotatable bonds is 3. The molecule has 0 fully saturated rings. The van der Waals surface area contributed by atoms with Crippen LogP contribution < -0.4 is 0 Å². The van der Waals surface area contributed by atoms with Crippen molar-refractivity contribution in [2.75, 3.05) is 0 Å². The maximum absolute atomic E-state index is 2.32. The molecule has 0 unspecified atom stereocenters. The Morgan fingerprint density at radius 1 is 0.255 bits per heavy atom. The van der Waals surface area contributed by atoms with Crippen molar-refractivity contribution in [2.45, 2.75) is 0 Å². The van der Waals surface area contributed by atoms with Crippen LogP contribution in [-0.4, -0.2) is 0 Å². The first-order valence-electron chi connectivity index (χ1n) is 16.2. The van der Waals surface area contributed by atoms with Gasteiger partial charge in [-0.2, -0.15) is 0 Å². The number of benzene rings is 9. The van der Waals surface area contributed by atoms with E-state index in [4.69, 9.17) is 0 Å². The SMILES string of the molecule is c1ccc2c(-c3c4ccccc4c(-c4ccc(-c5cccc6c5sc5c7ccccc7ccc65)cc4)c4ccccc34)cccc2c1. The summed E-state index contributed by atoms with van der Waals surface area (Å²) in [4.78, 5) is 0. The van der Waals surface area contributed by atoms with Crippen molar-refractivity contribution in [1.82, 2.24) is 0 Å². The first-order chi connectivity index (χ1) is 23.3. The van der Waals surface area contributed by atoms with Crippen LogP contribution in [0.15, 0.2) is 170 Å². The molecule has 0 spiro atoms. The van der Waals surface area contributed by atoms with Crippen molar-refractivity contribution in [3.8, 4) is 33.4 Å². The molecule has 1 heteroatoms. The molecule has 9 aromatic carbocycles. The van der Waals surface area contributed by atoms with E-state index in [0.717, 1.165) is 0 Å². The second kappa shape index (κ2) is 10.4. The lowest BCUT2D eigenvalue weighted by atomic mass is 9.84. The van der Waals surface area contributed by atoms with E-state index < -0.39 is 0 Å². The average Bonchev–Trinajstić information content (AvgIpc) is 3.53. The van der Waals surface area contributed by atoms with Gasteiger partial charge in [-0.1, -0.05) is 170 Å². The van der Waals surface area contributed by atoms with Gasteiger partial charge < -0.3 is 0 Å². The quantitative estimate of drug-likeness (QED) is 0.174. The van der Waals surface area contributed by atoms with Crippen molar-refractivity contribution in [3.05, 3.63) is 170 Å². The summed E-state index contributed by atoms with van der Waals surface area (Å²) in [6, 6.07) is 62.6. The van der Waals surface area contributed by atoms with Gasteiger partial charge >= 0.3 is 0 Å². The molecular formula is C46H28S. The van der Waals surface area contributed by atoms with Crippen LogP contribution >= 0.6 is 11.3 Å². The molecule has 0 bridgehead atoms. The second-order valence-corrected chi connectivity index (χ2v) is 13.4. The fourth-order valence-corrected chi connectivity index (χ4v) is 9.11. The zero-order valence-corrected chi connectivity index (χ0v) is 26.4. The average molecular weight is 613 g/mol. The van der Waals surface area contributed by atoms with Crippen LogP contribution in [0.25, 0.3) is 96.6 Å². The molecule has 0 amide bonds. The third-order valence-electron chi connectivity index (χ3n) is 9.86. The van der Waals surface area contributed by atoms with E-state index in [9.17, 15) is 0 Å². The first-order valence-corrected chi connectivity index (χ1v) is 17.0. The molecule has 218 valence electrons. The predicted molar refractivity (Wildman–Crippen MR) is 206 cm³/mol. The molecule has 0 nitrogen and oxygen atoms in total. The van der Waals surface area contributed by atoms with Crippen LogP contribution in [0.3, 0.4) is 0 Å². The topological polar surface area (TPSA) is 0 Å². The van der Waals surface area contributed by atoms with Crippen LogP contribution in [0.2, 0.25) is 0 Å². The second-order valence-electron chi connectivity index (χ2n) is 12.4. The maximum Gasteiger partial charge on any atom is 0.0434 e. The van der Waals surface area contributed by atoms with Gasteiger partial charge in [-0.25, -0.2) is 0 Å². The summed E-state index contributed by atoms with van der Waals surface area (Å²) < 4.78 is 2.72. The summed E-state index contributed by atoms with van der Waals surface area (Å²) in [7, 11) is 0. The van der Waals surface area contributed by atoms with E-state index in [1.54, 1.807) is 0 Å². The minimum absolute atomic E-state index is 1.24. The third kappa shape index (κ3) is 4.00. The number of hydrogen-bond donors (Lipinski definition) is 0. The highest BCUT2D eigenvalue weighted by Crippen LogP contribution is 2.46. The van der Waals surface area contributed by atoms with Crippen LogP contribution in [0.4, 0.5) is 0 Å². The summed E-state index contributed by atoms with van der Waals surface area (Å²) in [6.45, 7) is 0. The Balaban J connectivity index is 1.18. The number of hydrogen-bond acceptors (Lipinski definition) is 1. The molecule has 10 aromatic rings. The number of fused-ring (bicyclic) bond motifs is 8. The monoisotopic (exact) mass is 612 g/mol. The fraction of sp³-hybridized carbons (Fsp3) is 0. The lowest BCUT2D eigenvalue weighted by Crippen LogP contribution is -1.91. The number of thiophene rings is 1. The largest absolute Gasteiger partial charge is 0.134 e. The molecule has 0 saturated carbocycles. The highest BCUT2D eigenvalue weighted by atomic mass is 32.1. The van der Waals surface area contributed by atoms with Gasteiger partial charge in [-0.15, -0.1) is 11.3 Å². The van der Waals surface area contributed by atoms with Gasteiger partial charge in [0.15, 0.2) is 0 Å². The normalized spacial score (nSPS) is 11.8. The van der Waals surface area contributed by atoms with Gasteiger partial charge in [0.1, 0.15) is 0 Å². The van der Waals surface area contributed by atoms with Crippen LogP contribution in [0.5, 0.6) is 0 Å². The lowest BCUT2D eigenvalue weighted by molar-refractivity contribution is 1.64. The Hall–Kier alpha value is -5.76. The van der Waals surface area contributed by atoms with Gasteiger partial charge in [0.2, 0.25) is 0 Å². The molecule has 10 rings (SSSR count). The van der Waals surface area contributed by atoms with Gasteiger partial charge in [0.05, 0.1) is 0 Å². The predicted octanol–water partition coefficient (Wildman–Crippen LogP) is 13.7. The molecule has 0 aliphatic heterocycles. The first kappa shape index (κ1) is 26.5. The van der Waals surface area contributed by atoms with E-state index in [2.05, 4.69) is 170 Å². The van der Waals surface area contributed by atoms with Crippen LogP contribution in [0, 0.1) is 0 Å². The van der Waals surface area contributed by atoms with Gasteiger partial charge in [0, 0.05) is 20.2 Å². The minimum Gasteiger partial charge on any atom is -0.134 e. The molecule has 47 heavy (non-hydrogen) atoms. The maximum atomic E-state index is 2.32. The zero-order chi connectivity index (χ0) is 30.9. The molecular weight excluding hydrogens is 585 g/mol. The van der Waals surface area contributed by atoms with Crippen molar-refractivity contribution in [2.24, 2.45) is 0 Å². The molecule has 1 heterocycles. The zero-order valence-electron chi connectivity index (χ0n) is 25.6. The molecule has 1 aromatic heterocycles. The van der Waals surface area contributed by atoms with Crippen LogP contribution in [0.1, 0.15) is 0 Å². The molecule has 0 aliphatic carbocycles. The highest BCUT2D eigenvalue weighted by Gasteiger charge is 2.18. The summed E-state index contributed by atoms with van der Waals surface area (Å²) in [5, 5.41) is 13.0. The molecule has 0 aliphatic rings. The Bertz CT molecular complexity index is 2770. The van der Waals surface area contributed by atoms with E-state index in [1.165, 1.54) is 96.6 Å². The highest BCUT2D eigenvalue weighted by molar-refractivity contribution is 7.27. The molecule has 0 radical (unpaired) electrons. The summed E-state index contributed by atoms with van der Waals surface area (Å²) in [5.74, 6) is 0. The van der Waals surface area contributed by atoms with Crippen molar-refractivity contribution >= 4 is 74.6 Å². The summed E-state index contributed by atoms with van der Waals surface area (Å²) >= 11 is 1.92. The van der Waals surface area contributed by atoms with E-state index in [-0.39, 0.29) is 0 Å². The lowest BCUT2D eigenvalue weighted by Gasteiger charge is -2.19. The third-order valence-corrected chi connectivity index (χ3v) is 11.2. The molecule has 0 N–H and O–H groups in total. The van der Waals surface area contributed by atoms with Crippen molar-refractivity contribution in [3.63, 3.8) is 0 Å². The van der Waals surface area contributed by atoms with Gasteiger partial charge in [0.25, 0.3) is 0 Å². The van der Waals surface area contributed by atoms with Gasteiger partial charge in [-0.3, -0.25) is 0 Å². The molecule has 0 atom stereocenters. The minimum atomic E-state index is 1.24. The standard InChI is InChI=1S/C46H28S/c1-3-14-33-29(11-1)13-9-21-36(33)44-39-18-7-5-16-37(39)43(38-17-6-8-19-40(38)44)32-25-23-31(24-26-32)35-20-10-22-41-42-28-27-30-12-2-4-15-34(30)46(42)47-45(35)41/h1-28H. The summed E-state index contributed by atoms with van der Waals surface area (Å²) in [6.07, 6.45) is 0.